The quantitative estimate of drug-likeness (QED) is 0.872. The lowest BCUT2D eigenvalue weighted by atomic mass is 10.2. The van der Waals surface area contributed by atoms with E-state index in [-0.39, 0.29) is 0 Å². The summed E-state index contributed by atoms with van der Waals surface area (Å²) < 4.78 is 21.4. The molecule has 0 saturated heterocycles. The zero-order chi connectivity index (χ0) is 14.6. The average Bonchev–Trinajstić information content (AvgIpc) is 2.48. The highest BCUT2D eigenvalue weighted by molar-refractivity contribution is 7.93. The molecule has 0 saturated carbocycles. The highest BCUT2D eigenvalue weighted by atomic mass is 32.2. The van der Waals surface area contributed by atoms with E-state index < -0.39 is 15.6 Å². The van der Waals surface area contributed by atoms with Crippen molar-refractivity contribution in [3.63, 3.8) is 0 Å². The van der Waals surface area contributed by atoms with Crippen molar-refractivity contribution in [1.82, 2.24) is 0 Å². The fourth-order valence-electron chi connectivity index (χ4n) is 1.67. The minimum atomic E-state index is -2.73. The summed E-state index contributed by atoms with van der Waals surface area (Å²) in [6.07, 6.45) is 1.46. The number of amides is 1. The summed E-state index contributed by atoms with van der Waals surface area (Å²) in [7, 11) is -1.18. The third-order valence-corrected chi connectivity index (χ3v) is 4.44. The van der Waals surface area contributed by atoms with Crippen LogP contribution in [0.25, 0.3) is 0 Å². The number of ether oxygens (including phenoxy) is 1. The van der Waals surface area contributed by atoms with Crippen LogP contribution in [0.5, 0.6) is 5.75 Å². The van der Waals surface area contributed by atoms with Crippen molar-refractivity contribution >= 4 is 15.6 Å². The van der Waals surface area contributed by atoms with Gasteiger partial charge in [-0.15, -0.1) is 0 Å². The Kier molecular flexibility index (Phi) is 4.20. The van der Waals surface area contributed by atoms with Crippen LogP contribution < -0.4 is 4.74 Å². The minimum Gasteiger partial charge on any atom is -0.497 e. The lowest BCUT2D eigenvalue weighted by molar-refractivity contribution is 0.100. The van der Waals surface area contributed by atoms with Crippen LogP contribution in [0.15, 0.2) is 63.9 Å². The first-order chi connectivity index (χ1) is 9.53. The second-order valence-electron chi connectivity index (χ2n) is 4.24. The molecule has 2 aromatic rings. The maximum Gasteiger partial charge on any atom is 0.285 e. The van der Waals surface area contributed by atoms with Crippen LogP contribution in [0, 0.1) is 0 Å². The number of rotatable bonds is 3. The second kappa shape index (κ2) is 5.88. The van der Waals surface area contributed by atoms with Crippen LogP contribution in [0.2, 0.25) is 0 Å². The molecule has 0 N–H and O–H groups in total. The maximum absolute atomic E-state index is 12.5. The van der Waals surface area contributed by atoms with Crippen molar-refractivity contribution in [2.24, 2.45) is 4.36 Å². The zero-order valence-corrected chi connectivity index (χ0v) is 12.1. The summed E-state index contributed by atoms with van der Waals surface area (Å²) in [5, 5.41) is 0. The predicted molar refractivity (Wildman–Crippen MR) is 78.5 cm³/mol. The molecule has 0 aliphatic carbocycles. The van der Waals surface area contributed by atoms with Crippen molar-refractivity contribution in [2.45, 2.75) is 4.90 Å². The van der Waals surface area contributed by atoms with Gasteiger partial charge < -0.3 is 4.74 Å². The molecule has 1 atom stereocenters. The molecule has 0 aliphatic heterocycles. The zero-order valence-electron chi connectivity index (χ0n) is 11.3. The van der Waals surface area contributed by atoms with Gasteiger partial charge in [0.1, 0.15) is 5.75 Å². The van der Waals surface area contributed by atoms with E-state index in [1.54, 1.807) is 55.6 Å². The van der Waals surface area contributed by atoms with Crippen LogP contribution in [0.1, 0.15) is 10.4 Å². The van der Waals surface area contributed by atoms with Gasteiger partial charge in [-0.05, 0) is 36.4 Å². The van der Waals surface area contributed by atoms with E-state index in [0.717, 1.165) is 0 Å². The monoisotopic (exact) mass is 289 g/mol. The third kappa shape index (κ3) is 3.24. The van der Waals surface area contributed by atoms with Crippen molar-refractivity contribution in [2.75, 3.05) is 13.4 Å². The summed E-state index contributed by atoms with van der Waals surface area (Å²) in [6.45, 7) is 0. The minimum absolute atomic E-state index is 0.385. The normalized spacial score (nSPS) is 13.3. The molecule has 0 radical (unpaired) electrons. The second-order valence-corrected chi connectivity index (χ2v) is 6.50. The Morgan fingerprint density at radius 1 is 1.05 bits per heavy atom. The molecule has 2 rings (SSSR count). The van der Waals surface area contributed by atoms with Gasteiger partial charge in [0.2, 0.25) is 0 Å². The van der Waals surface area contributed by atoms with E-state index in [0.29, 0.717) is 16.2 Å². The first-order valence-corrected chi connectivity index (χ1v) is 7.91. The van der Waals surface area contributed by atoms with E-state index in [1.165, 1.54) is 6.26 Å². The van der Waals surface area contributed by atoms with Gasteiger partial charge in [-0.25, -0.2) is 4.21 Å². The van der Waals surface area contributed by atoms with Gasteiger partial charge >= 0.3 is 0 Å². The Balaban J connectivity index is 2.34. The van der Waals surface area contributed by atoms with Crippen molar-refractivity contribution in [1.29, 1.82) is 0 Å². The van der Waals surface area contributed by atoms with E-state index >= 15 is 0 Å². The van der Waals surface area contributed by atoms with E-state index in [9.17, 15) is 9.00 Å². The molecule has 0 aliphatic rings. The Hall–Kier alpha value is -2.14. The van der Waals surface area contributed by atoms with Crippen molar-refractivity contribution in [3.05, 3.63) is 60.2 Å². The Morgan fingerprint density at radius 2 is 1.65 bits per heavy atom. The number of benzene rings is 2. The third-order valence-electron chi connectivity index (χ3n) is 2.77. The maximum atomic E-state index is 12.5. The van der Waals surface area contributed by atoms with Gasteiger partial charge in [0.15, 0.2) is 0 Å². The molecule has 2 aromatic carbocycles. The first kappa shape index (κ1) is 14.3. The van der Waals surface area contributed by atoms with Crippen LogP contribution in [0.4, 0.5) is 0 Å². The Labute approximate surface area is 118 Å². The summed E-state index contributed by atoms with van der Waals surface area (Å²) in [5.74, 6) is 0.158. The van der Waals surface area contributed by atoms with Gasteiger partial charge in [0.05, 0.1) is 16.8 Å². The van der Waals surface area contributed by atoms with Gasteiger partial charge in [-0.2, -0.15) is 4.36 Å². The Bertz CT molecular complexity index is 715. The number of nitrogens with zero attached hydrogens (tertiary/aromatic N) is 1. The smallest absolute Gasteiger partial charge is 0.285 e. The molecule has 20 heavy (non-hydrogen) atoms. The van der Waals surface area contributed by atoms with Gasteiger partial charge in [0.25, 0.3) is 5.91 Å². The number of hydrogen-bond donors (Lipinski definition) is 0. The fourth-order valence-corrected chi connectivity index (χ4v) is 2.86. The van der Waals surface area contributed by atoms with Crippen LogP contribution in [0.3, 0.4) is 0 Å². The molecule has 104 valence electrons. The number of carbonyl (C=O) groups is 1. The largest absolute Gasteiger partial charge is 0.497 e. The van der Waals surface area contributed by atoms with Crippen molar-refractivity contribution in [3.8, 4) is 5.75 Å². The van der Waals surface area contributed by atoms with Gasteiger partial charge in [-0.3, -0.25) is 4.79 Å². The lowest BCUT2D eigenvalue weighted by Gasteiger charge is -2.04. The van der Waals surface area contributed by atoms with E-state index in [2.05, 4.69) is 4.36 Å². The van der Waals surface area contributed by atoms with Gasteiger partial charge in [-0.1, -0.05) is 18.2 Å². The summed E-state index contributed by atoms with van der Waals surface area (Å²) in [6, 6.07) is 15.3. The van der Waals surface area contributed by atoms with Crippen LogP contribution in [-0.4, -0.2) is 23.5 Å². The molecule has 1 amide bonds. The molecule has 0 heterocycles. The van der Waals surface area contributed by atoms with Crippen molar-refractivity contribution < 1.29 is 13.7 Å². The molecule has 4 nitrogen and oxygen atoms in total. The summed E-state index contributed by atoms with van der Waals surface area (Å²) in [4.78, 5) is 12.6. The van der Waals surface area contributed by atoms with E-state index in [4.69, 9.17) is 4.74 Å². The average molecular weight is 289 g/mol. The molecule has 0 fully saturated rings. The lowest BCUT2D eigenvalue weighted by Crippen LogP contribution is -2.03. The predicted octanol–water partition coefficient (Wildman–Crippen LogP) is 2.99. The Morgan fingerprint density at radius 3 is 2.20 bits per heavy atom. The molecule has 0 bridgehead atoms. The topological polar surface area (TPSA) is 55.7 Å². The fraction of sp³-hybridized carbons (Fsp3) is 0.133. The highest BCUT2D eigenvalue weighted by Gasteiger charge is 2.10. The number of carbonyl (C=O) groups excluding carboxylic acids is 1. The first-order valence-electron chi connectivity index (χ1n) is 5.98. The van der Waals surface area contributed by atoms with Crippen LogP contribution in [-0.2, 0) is 9.73 Å². The highest BCUT2D eigenvalue weighted by Crippen LogP contribution is 2.15. The number of methoxy groups -OCH3 is 1. The molecule has 0 aromatic heterocycles. The van der Waals surface area contributed by atoms with E-state index in [1.807, 2.05) is 6.07 Å². The standard InChI is InChI=1S/C15H15NO3S/c1-19-13-10-8-12(9-11-13)15(17)16-20(2,18)14-6-4-3-5-7-14/h3-11H,1-2H3. The SMILES string of the molecule is COc1ccc(C(=O)N=S(C)(=O)c2ccccc2)cc1. The number of hydrogen-bond acceptors (Lipinski definition) is 3. The van der Waals surface area contributed by atoms with Gasteiger partial charge in [0, 0.05) is 16.7 Å². The molecular weight excluding hydrogens is 274 g/mol. The molecule has 0 spiro atoms. The van der Waals surface area contributed by atoms with Crippen LogP contribution >= 0.6 is 0 Å². The molecule has 1 unspecified atom stereocenters. The summed E-state index contributed by atoms with van der Waals surface area (Å²) >= 11 is 0. The molecular formula is C15H15NO3S. The summed E-state index contributed by atoms with van der Waals surface area (Å²) in [5.41, 5.74) is 0.385. The molecule has 5 heteroatoms.